The fourth-order valence-electron chi connectivity index (χ4n) is 11.2. The van der Waals surface area contributed by atoms with Gasteiger partial charge in [0.1, 0.15) is 28.7 Å². The van der Waals surface area contributed by atoms with Crippen LogP contribution in [0, 0.1) is 25.7 Å². The summed E-state index contributed by atoms with van der Waals surface area (Å²) in [6.45, 7) is 11.9. The Bertz CT molecular complexity index is 3050. The molecule has 4 heterocycles. The van der Waals surface area contributed by atoms with Gasteiger partial charge in [-0.15, -0.1) is 0 Å². The number of methoxy groups -OCH3 is 2. The Morgan fingerprint density at radius 3 is 1.39 bits per heavy atom. The van der Waals surface area contributed by atoms with Crippen LogP contribution in [0.4, 0.5) is 11.6 Å². The standard InChI is InChI=1S/C38H39N3O3.C25H31N3O3/c1-25-39-36(41-35(30-11-7-5-8-12-30)31-13-9-6-10-14-31)32-24-33(38(2,3)44-37(32)40-25)29-21-19-28(20-22-29)27-17-15-26(16-18-27)23-34(42)43-4;1-15-27-23(26)20-14-21(25(2,3)31-24(20)28-15)19-11-9-18(10-12-19)17-7-5-16(6-8-17)13-22(29)30-4/h5-14,19-22,24,26-27H,15-18,23H2,1-4H3;9-12,14,16-17H,5-8,13H2,1-4H3,(H2,26,27,28). The van der Waals surface area contributed by atoms with Gasteiger partial charge < -0.3 is 24.7 Å². The molecule has 75 heavy (non-hydrogen) atoms. The van der Waals surface area contributed by atoms with Gasteiger partial charge in [0.15, 0.2) is 5.82 Å². The summed E-state index contributed by atoms with van der Waals surface area (Å²) < 4.78 is 22.5. The molecule has 0 bridgehead atoms. The number of hydrogen-bond acceptors (Lipinski definition) is 12. The molecule has 2 N–H and O–H groups in total. The maximum Gasteiger partial charge on any atom is 0.305 e. The van der Waals surface area contributed by atoms with Crippen LogP contribution in [-0.2, 0) is 19.1 Å². The molecule has 2 aliphatic carbocycles. The second-order valence-corrected chi connectivity index (χ2v) is 21.5. The largest absolute Gasteiger partial charge is 0.469 e. The monoisotopic (exact) mass is 1010 g/mol. The van der Waals surface area contributed by atoms with E-state index in [1.807, 2.05) is 64.1 Å². The minimum atomic E-state index is -0.593. The maximum atomic E-state index is 11.7. The molecule has 12 heteroatoms. The van der Waals surface area contributed by atoms with Gasteiger partial charge in [0, 0.05) is 35.1 Å². The van der Waals surface area contributed by atoms with Crippen molar-refractivity contribution in [3.63, 3.8) is 0 Å². The third-order valence-electron chi connectivity index (χ3n) is 15.4. The molecule has 388 valence electrons. The summed E-state index contributed by atoms with van der Waals surface area (Å²) in [5.41, 5.74) is 16.5. The van der Waals surface area contributed by atoms with Crippen LogP contribution in [0.2, 0.25) is 0 Å². The number of nitrogens with two attached hydrogens (primary N) is 1. The van der Waals surface area contributed by atoms with E-state index >= 15 is 0 Å². The first kappa shape index (κ1) is 52.4. The molecule has 2 aliphatic heterocycles. The number of carbonyl (C=O) groups excluding carboxylic acids is 2. The quantitative estimate of drug-likeness (QED) is 0.0971. The van der Waals surface area contributed by atoms with Gasteiger partial charge in [0.2, 0.25) is 11.8 Å². The van der Waals surface area contributed by atoms with E-state index in [2.05, 4.69) is 114 Å². The smallest absolute Gasteiger partial charge is 0.305 e. The lowest BCUT2D eigenvalue weighted by molar-refractivity contribution is -0.142. The van der Waals surface area contributed by atoms with E-state index < -0.39 is 11.2 Å². The van der Waals surface area contributed by atoms with Crippen molar-refractivity contribution in [3.05, 3.63) is 165 Å². The van der Waals surface area contributed by atoms with E-state index in [9.17, 15) is 9.59 Å². The molecule has 0 radical (unpaired) electrons. The second kappa shape index (κ2) is 22.6. The van der Waals surface area contributed by atoms with Crippen LogP contribution in [-0.4, -0.2) is 63.0 Å². The second-order valence-electron chi connectivity index (χ2n) is 21.5. The highest BCUT2D eigenvalue weighted by Gasteiger charge is 2.36. The summed E-state index contributed by atoms with van der Waals surface area (Å²) >= 11 is 0. The molecule has 4 aromatic carbocycles. The van der Waals surface area contributed by atoms with Gasteiger partial charge in [-0.2, -0.15) is 9.97 Å². The average molecular weight is 1010 g/mol. The van der Waals surface area contributed by atoms with Gasteiger partial charge in [-0.3, -0.25) is 9.59 Å². The molecular formula is C63H70N6O6. The van der Waals surface area contributed by atoms with E-state index in [-0.39, 0.29) is 11.9 Å². The Balaban J connectivity index is 0.000000195. The number of nitrogens with zero attached hydrogens (tertiary/aromatic N) is 5. The van der Waals surface area contributed by atoms with Crippen molar-refractivity contribution in [2.75, 3.05) is 20.0 Å². The Hall–Kier alpha value is -7.47. The number of carbonyl (C=O) groups is 2. The van der Waals surface area contributed by atoms with E-state index in [4.69, 9.17) is 34.7 Å². The van der Waals surface area contributed by atoms with E-state index in [0.717, 1.165) is 102 Å². The lowest BCUT2D eigenvalue weighted by Gasteiger charge is -2.34. The Kier molecular flexibility index (Phi) is 15.8. The third kappa shape index (κ3) is 12.2. The molecule has 10 rings (SSSR count). The summed E-state index contributed by atoms with van der Waals surface area (Å²) in [5, 5.41) is 0. The number of rotatable bonds is 11. The van der Waals surface area contributed by atoms with Gasteiger partial charge in [0.05, 0.1) is 31.1 Å². The minimum Gasteiger partial charge on any atom is -0.469 e. The highest BCUT2D eigenvalue weighted by molar-refractivity contribution is 6.14. The van der Waals surface area contributed by atoms with Crippen LogP contribution < -0.4 is 15.2 Å². The summed E-state index contributed by atoms with van der Waals surface area (Å²) in [7, 11) is 2.93. The first-order valence-corrected chi connectivity index (χ1v) is 26.5. The van der Waals surface area contributed by atoms with Crippen LogP contribution >= 0.6 is 0 Å². The highest BCUT2D eigenvalue weighted by Crippen LogP contribution is 2.45. The average Bonchev–Trinajstić information content (AvgIpc) is 3.40. The summed E-state index contributed by atoms with van der Waals surface area (Å²) in [4.78, 5) is 46.6. The molecule has 0 unspecified atom stereocenters. The normalized spacial score (nSPS) is 20.2. The maximum absolute atomic E-state index is 11.7. The van der Waals surface area contributed by atoms with E-state index in [0.29, 0.717) is 71.6 Å². The first-order chi connectivity index (χ1) is 36.1. The molecule has 2 aromatic heterocycles. The molecular weight excluding hydrogens is 937 g/mol. The zero-order valence-corrected chi connectivity index (χ0v) is 44.7. The van der Waals surface area contributed by atoms with Gasteiger partial charge >= 0.3 is 11.9 Å². The molecule has 12 nitrogen and oxygen atoms in total. The number of aromatic nitrogens is 4. The number of anilines is 1. The topological polar surface area (TPSA) is 161 Å². The number of benzene rings is 4. The summed E-state index contributed by atoms with van der Waals surface area (Å²) in [6.07, 6.45) is 13.9. The fraction of sp³-hybridized carbons (Fsp3) is 0.381. The van der Waals surface area contributed by atoms with E-state index in [1.54, 1.807) is 0 Å². The van der Waals surface area contributed by atoms with Crippen LogP contribution in [0.3, 0.4) is 0 Å². The van der Waals surface area contributed by atoms with Crippen LogP contribution in [0.1, 0.15) is 160 Å². The van der Waals surface area contributed by atoms with Gasteiger partial charge in [0.25, 0.3) is 0 Å². The molecule has 2 fully saturated rings. The van der Waals surface area contributed by atoms with Crippen molar-refractivity contribution in [3.8, 4) is 11.8 Å². The molecule has 0 amide bonds. The number of aliphatic imine (C=N–C) groups is 1. The van der Waals surface area contributed by atoms with Crippen molar-refractivity contribution in [2.24, 2.45) is 16.8 Å². The van der Waals surface area contributed by atoms with Gasteiger partial charge in [-0.1, -0.05) is 109 Å². The van der Waals surface area contributed by atoms with Crippen LogP contribution in [0.25, 0.3) is 23.3 Å². The summed E-state index contributed by atoms with van der Waals surface area (Å²) in [5.74, 6) is 5.06. The predicted octanol–water partition coefficient (Wildman–Crippen LogP) is 13.4. The number of hydrogen-bond donors (Lipinski definition) is 1. The number of ether oxygens (including phenoxy) is 4. The number of aryl methyl sites for hydroxylation is 2. The molecule has 4 aliphatic rings. The highest BCUT2D eigenvalue weighted by atomic mass is 16.5. The van der Waals surface area contributed by atoms with Crippen molar-refractivity contribution in [1.82, 2.24) is 19.9 Å². The molecule has 2 saturated carbocycles. The minimum absolute atomic E-state index is 0.0961. The molecule has 0 atom stereocenters. The lowest BCUT2D eigenvalue weighted by atomic mass is 9.77. The zero-order valence-electron chi connectivity index (χ0n) is 44.7. The number of nitrogen functional groups attached to an aromatic ring is 1. The third-order valence-corrected chi connectivity index (χ3v) is 15.4. The molecule has 6 aromatic rings. The van der Waals surface area contributed by atoms with Crippen LogP contribution in [0.5, 0.6) is 11.8 Å². The number of esters is 2. The molecule has 0 spiro atoms. The summed E-state index contributed by atoms with van der Waals surface area (Å²) in [6, 6.07) is 38.1. The van der Waals surface area contributed by atoms with Crippen LogP contribution in [0.15, 0.2) is 114 Å². The zero-order chi connectivity index (χ0) is 52.9. The Morgan fingerprint density at radius 1 is 0.560 bits per heavy atom. The van der Waals surface area contributed by atoms with Crippen molar-refractivity contribution in [2.45, 2.75) is 129 Å². The van der Waals surface area contributed by atoms with Gasteiger partial charge in [-0.25, -0.2) is 15.0 Å². The van der Waals surface area contributed by atoms with Crippen molar-refractivity contribution < 1.29 is 28.5 Å². The van der Waals surface area contributed by atoms with Crippen molar-refractivity contribution in [1.29, 1.82) is 0 Å². The van der Waals surface area contributed by atoms with Crippen molar-refractivity contribution >= 4 is 52.6 Å². The van der Waals surface area contributed by atoms with E-state index in [1.165, 1.54) is 25.3 Å². The van der Waals surface area contributed by atoms with Gasteiger partial charge in [-0.05, 0) is 151 Å². The molecule has 0 saturated heterocycles. The Labute approximate surface area is 442 Å². The number of fused-ring (bicyclic) bond motifs is 2. The Morgan fingerprint density at radius 2 is 0.960 bits per heavy atom. The first-order valence-electron chi connectivity index (χ1n) is 26.5. The predicted molar refractivity (Wildman–Crippen MR) is 297 cm³/mol. The SMILES string of the molecule is COC(=O)CC1CCC(c2ccc(C3=Cc4c(N)nc(C)nc4OC3(C)C)cc2)CC1.COC(=O)CC1CCC(c2ccc(C3=Cc4c(N=C(c5ccccc5)c5ccccc5)nc(C)nc4OC3(C)C)cc2)CC1. The fourth-order valence-corrected chi connectivity index (χ4v) is 11.2. The lowest BCUT2D eigenvalue weighted by Crippen LogP contribution is -2.33.